The van der Waals surface area contributed by atoms with E-state index in [4.69, 9.17) is 9.47 Å². The second-order valence-electron chi connectivity index (χ2n) is 8.09. The number of carbonyl (C=O) groups is 1. The zero-order chi connectivity index (χ0) is 24.8. The molecule has 0 radical (unpaired) electrons. The van der Waals surface area contributed by atoms with Gasteiger partial charge in [-0.15, -0.1) is 10.2 Å². The molecule has 0 aliphatic carbocycles. The molecule has 8 heteroatoms. The molecule has 1 heterocycles. The van der Waals surface area contributed by atoms with Gasteiger partial charge >= 0.3 is 0 Å². The van der Waals surface area contributed by atoms with E-state index in [0.717, 1.165) is 22.6 Å². The van der Waals surface area contributed by atoms with Gasteiger partial charge in [0.25, 0.3) is 0 Å². The normalized spacial score (nSPS) is 10.7. The third-order valence-corrected chi connectivity index (χ3v) is 6.44. The molecule has 180 valence electrons. The number of nitrogens with one attached hydrogen (secondary N) is 1. The van der Waals surface area contributed by atoms with Crippen LogP contribution in [0.15, 0.2) is 71.9 Å². The summed E-state index contributed by atoms with van der Waals surface area (Å²) < 4.78 is 12.7. The first-order valence-electron chi connectivity index (χ1n) is 11.2. The number of anilines is 1. The highest BCUT2D eigenvalue weighted by Crippen LogP contribution is 2.30. The minimum atomic E-state index is -0.168. The van der Waals surface area contributed by atoms with Gasteiger partial charge in [0.15, 0.2) is 5.16 Å². The molecule has 0 spiro atoms. The minimum absolute atomic E-state index is 0.168. The van der Waals surface area contributed by atoms with E-state index >= 15 is 0 Å². The summed E-state index contributed by atoms with van der Waals surface area (Å²) in [5.41, 5.74) is 5.04. The fourth-order valence-corrected chi connectivity index (χ4v) is 4.57. The van der Waals surface area contributed by atoms with Crippen LogP contribution in [0.1, 0.15) is 22.5 Å². The maximum absolute atomic E-state index is 12.8. The van der Waals surface area contributed by atoms with Crippen molar-refractivity contribution in [3.8, 4) is 17.2 Å². The standard InChI is InChI=1S/C27H28N4O3S/c1-18-10-13-23(19(2)14-18)31-25(15-20-8-6-5-7-9-20)29-30-27(31)35-17-26(32)28-22-12-11-21(33-3)16-24(22)34-4/h5-14,16H,15,17H2,1-4H3,(H,28,32). The molecule has 0 fully saturated rings. The molecule has 1 aromatic heterocycles. The second kappa shape index (κ2) is 11.1. The van der Waals surface area contributed by atoms with E-state index in [0.29, 0.717) is 28.8 Å². The number of hydrogen-bond donors (Lipinski definition) is 1. The highest BCUT2D eigenvalue weighted by molar-refractivity contribution is 7.99. The van der Waals surface area contributed by atoms with Crippen LogP contribution in [0.5, 0.6) is 11.5 Å². The van der Waals surface area contributed by atoms with Gasteiger partial charge in [0.2, 0.25) is 5.91 Å². The summed E-state index contributed by atoms with van der Waals surface area (Å²) >= 11 is 1.35. The van der Waals surface area contributed by atoms with Crippen LogP contribution in [-0.2, 0) is 11.2 Å². The molecule has 35 heavy (non-hydrogen) atoms. The van der Waals surface area contributed by atoms with Crippen molar-refractivity contribution in [2.75, 3.05) is 25.3 Å². The van der Waals surface area contributed by atoms with Crippen LogP contribution in [0, 0.1) is 13.8 Å². The van der Waals surface area contributed by atoms with Crippen LogP contribution in [0.3, 0.4) is 0 Å². The number of aryl methyl sites for hydroxylation is 2. The Morgan fingerprint density at radius 2 is 1.77 bits per heavy atom. The van der Waals surface area contributed by atoms with Crippen molar-refractivity contribution in [2.24, 2.45) is 0 Å². The van der Waals surface area contributed by atoms with Crippen molar-refractivity contribution in [3.05, 3.63) is 89.2 Å². The van der Waals surface area contributed by atoms with E-state index < -0.39 is 0 Å². The number of ether oxygens (including phenoxy) is 2. The molecule has 0 saturated carbocycles. The molecule has 0 aliphatic heterocycles. The lowest BCUT2D eigenvalue weighted by Gasteiger charge is -2.14. The average Bonchev–Trinajstić information content (AvgIpc) is 3.25. The van der Waals surface area contributed by atoms with Gasteiger partial charge in [-0.1, -0.05) is 59.8 Å². The van der Waals surface area contributed by atoms with E-state index in [1.54, 1.807) is 32.4 Å². The summed E-state index contributed by atoms with van der Waals surface area (Å²) in [5.74, 6) is 2.01. The minimum Gasteiger partial charge on any atom is -0.497 e. The summed E-state index contributed by atoms with van der Waals surface area (Å²) in [6.45, 7) is 4.15. The first-order valence-corrected chi connectivity index (χ1v) is 12.2. The number of thioether (sulfide) groups is 1. The third-order valence-electron chi connectivity index (χ3n) is 5.51. The van der Waals surface area contributed by atoms with E-state index in [2.05, 4.69) is 59.7 Å². The molecule has 7 nitrogen and oxygen atoms in total. The Hall–Kier alpha value is -3.78. The average molecular weight is 489 g/mol. The van der Waals surface area contributed by atoms with Crippen LogP contribution < -0.4 is 14.8 Å². The summed E-state index contributed by atoms with van der Waals surface area (Å²) in [6.07, 6.45) is 0.636. The van der Waals surface area contributed by atoms with Crippen molar-refractivity contribution in [1.29, 1.82) is 0 Å². The van der Waals surface area contributed by atoms with Gasteiger partial charge in [0, 0.05) is 12.5 Å². The molecule has 3 aromatic carbocycles. The van der Waals surface area contributed by atoms with Crippen LogP contribution in [0.25, 0.3) is 5.69 Å². The van der Waals surface area contributed by atoms with Crippen molar-refractivity contribution in [1.82, 2.24) is 14.8 Å². The number of benzene rings is 3. The van der Waals surface area contributed by atoms with Crippen LogP contribution in [-0.4, -0.2) is 40.6 Å². The molecule has 1 N–H and O–H groups in total. The SMILES string of the molecule is COc1ccc(NC(=O)CSc2nnc(Cc3ccccc3)n2-c2ccc(C)cc2C)c(OC)c1. The Bertz CT molecular complexity index is 1320. The van der Waals surface area contributed by atoms with E-state index in [-0.39, 0.29) is 11.7 Å². The van der Waals surface area contributed by atoms with Gasteiger partial charge in [0.1, 0.15) is 17.3 Å². The molecule has 0 atom stereocenters. The summed E-state index contributed by atoms with van der Waals surface area (Å²) in [5, 5.41) is 12.5. The Labute approximate surface area is 209 Å². The van der Waals surface area contributed by atoms with Crippen molar-refractivity contribution < 1.29 is 14.3 Å². The smallest absolute Gasteiger partial charge is 0.234 e. The number of carbonyl (C=O) groups excluding carboxylic acids is 1. The maximum atomic E-state index is 12.8. The highest BCUT2D eigenvalue weighted by atomic mass is 32.2. The van der Waals surface area contributed by atoms with Gasteiger partial charge in [-0.25, -0.2) is 0 Å². The van der Waals surface area contributed by atoms with Gasteiger partial charge < -0.3 is 14.8 Å². The molecule has 0 aliphatic rings. The van der Waals surface area contributed by atoms with Crippen molar-refractivity contribution in [3.63, 3.8) is 0 Å². The largest absolute Gasteiger partial charge is 0.497 e. The molecular weight excluding hydrogens is 460 g/mol. The van der Waals surface area contributed by atoms with Crippen molar-refractivity contribution >= 4 is 23.4 Å². The molecule has 0 unspecified atom stereocenters. The van der Waals surface area contributed by atoms with E-state index in [1.807, 2.05) is 22.8 Å². The molecular formula is C27H28N4O3S. The molecule has 0 bridgehead atoms. The van der Waals surface area contributed by atoms with Crippen molar-refractivity contribution in [2.45, 2.75) is 25.4 Å². The quantitative estimate of drug-likeness (QED) is 0.325. The lowest BCUT2D eigenvalue weighted by atomic mass is 10.1. The number of methoxy groups -OCH3 is 2. The third kappa shape index (κ3) is 5.84. The topological polar surface area (TPSA) is 78.3 Å². The number of rotatable bonds is 9. The Morgan fingerprint density at radius 3 is 2.49 bits per heavy atom. The Balaban J connectivity index is 1.57. The first kappa shape index (κ1) is 24.3. The molecule has 1 amide bonds. The second-order valence-corrected chi connectivity index (χ2v) is 9.03. The number of nitrogens with zero attached hydrogens (tertiary/aromatic N) is 3. The molecule has 4 aromatic rings. The zero-order valence-electron chi connectivity index (χ0n) is 20.2. The number of aromatic nitrogens is 3. The Kier molecular flexibility index (Phi) is 7.72. The van der Waals surface area contributed by atoms with E-state index in [9.17, 15) is 4.79 Å². The monoisotopic (exact) mass is 488 g/mol. The predicted molar refractivity (Wildman–Crippen MR) is 139 cm³/mol. The van der Waals surface area contributed by atoms with Crippen LogP contribution in [0.2, 0.25) is 0 Å². The number of hydrogen-bond acceptors (Lipinski definition) is 6. The highest BCUT2D eigenvalue weighted by Gasteiger charge is 2.18. The van der Waals surface area contributed by atoms with Gasteiger partial charge in [-0.3, -0.25) is 9.36 Å². The summed E-state index contributed by atoms with van der Waals surface area (Å²) in [7, 11) is 3.14. The lowest BCUT2D eigenvalue weighted by molar-refractivity contribution is -0.113. The first-order chi connectivity index (χ1) is 17.0. The van der Waals surface area contributed by atoms with Gasteiger partial charge in [-0.05, 0) is 43.2 Å². The Morgan fingerprint density at radius 1 is 0.971 bits per heavy atom. The maximum Gasteiger partial charge on any atom is 0.234 e. The lowest BCUT2D eigenvalue weighted by Crippen LogP contribution is -2.15. The van der Waals surface area contributed by atoms with Gasteiger partial charge in [0.05, 0.1) is 31.3 Å². The fraction of sp³-hybridized carbons (Fsp3) is 0.222. The zero-order valence-corrected chi connectivity index (χ0v) is 21.1. The van der Waals surface area contributed by atoms with Gasteiger partial charge in [-0.2, -0.15) is 0 Å². The summed E-state index contributed by atoms with van der Waals surface area (Å²) in [4.78, 5) is 12.8. The number of amides is 1. The summed E-state index contributed by atoms with van der Waals surface area (Å²) in [6, 6.07) is 21.7. The molecule has 0 saturated heterocycles. The fourth-order valence-electron chi connectivity index (χ4n) is 3.80. The van der Waals surface area contributed by atoms with E-state index in [1.165, 1.54) is 17.3 Å². The predicted octanol–water partition coefficient (Wildman–Crippen LogP) is 5.22. The van der Waals surface area contributed by atoms with Crippen LogP contribution in [0.4, 0.5) is 5.69 Å². The van der Waals surface area contributed by atoms with Crippen LogP contribution >= 0.6 is 11.8 Å². The molecule has 4 rings (SSSR count).